The van der Waals surface area contributed by atoms with E-state index in [1.165, 1.54) is 12.0 Å². The standard InChI is InChI=1S/C13H23N3O2/c1-15-8-13(7-14-15)10-16(4-6-17-2)9-12-3-5-18-11-12/h7-8,12H,3-6,9-11H2,1-2H3/t12-/m0/s1. The van der Waals surface area contributed by atoms with Crippen LogP contribution < -0.4 is 0 Å². The molecular weight excluding hydrogens is 230 g/mol. The van der Waals surface area contributed by atoms with Crippen LogP contribution in [0.15, 0.2) is 12.4 Å². The Morgan fingerprint density at radius 3 is 3.11 bits per heavy atom. The minimum Gasteiger partial charge on any atom is -0.383 e. The van der Waals surface area contributed by atoms with Crippen molar-refractivity contribution in [2.24, 2.45) is 13.0 Å². The van der Waals surface area contributed by atoms with Gasteiger partial charge in [0.05, 0.1) is 19.4 Å². The number of aromatic nitrogens is 2. The molecule has 0 N–H and O–H groups in total. The van der Waals surface area contributed by atoms with Crippen molar-refractivity contribution < 1.29 is 9.47 Å². The van der Waals surface area contributed by atoms with E-state index in [0.29, 0.717) is 5.92 Å². The van der Waals surface area contributed by atoms with E-state index in [-0.39, 0.29) is 0 Å². The molecule has 18 heavy (non-hydrogen) atoms. The molecule has 0 spiro atoms. The molecule has 0 bridgehead atoms. The first-order valence-corrected chi connectivity index (χ1v) is 6.54. The molecule has 1 saturated heterocycles. The fraction of sp³-hybridized carbons (Fsp3) is 0.769. The highest BCUT2D eigenvalue weighted by atomic mass is 16.5. The third kappa shape index (κ3) is 4.08. The summed E-state index contributed by atoms with van der Waals surface area (Å²) in [6.45, 7) is 5.56. The molecule has 0 amide bonds. The summed E-state index contributed by atoms with van der Waals surface area (Å²) in [5, 5.41) is 4.22. The summed E-state index contributed by atoms with van der Waals surface area (Å²) in [6, 6.07) is 0. The van der Waals surface area contributed by atoms with Gasteiger partial charge in [-0.25, -0.2) is 0 Å². The Balaban J connectivity index is 1.86. The summed E-state index contributed by atoms with van der Waals surface area (Å²) in [4.78, 5) is 2.43. The molecule has 0 aliphatic carbocycles. The van der Waals surface area contributed by atoms with Crippen LogP contribution in [0.25, 0.3) is 0 Å². The summed E-state index contributed by atoms with van der Waals surface area (Å²) >= 11 is 0. The van der Waals surface area contributed by atoms with E-state index >= 15 is 0 Å². The van der Waals surface area contributed by atoms with Crippen LogP contribution in [0, 0.1) is 5.92 Å². The van der Waals surface area contributed by atoms with Gasteiger partial charge in [0.2, 0.25) is 0 Å². The maximum absolute atomic E-state index is 5.44. The zero-order valence-corrected chi connectivity index (χ0v) is 11.3. The maximum Gasteiger partial charge on any atom is 0.0589 e. The third-order valence-electron chi connectivity index (χ3n) is 3.32. The largest absolute Gasteiger partial charge is 0.383 e. The lowest BCUT2D eigenvalue weighted by molar-refractivity contribution is 0.124. The molecule has 5 heteroatoms. The molecule has 0 unspecified atom stereocenters. The van der Waals surface area contributed by atoms with Crippen LogP contribution in [0.3, 0.4) is 0 Å². The van der Waals surface area contributed by atoms with Gasteiger partial charge in [0.1, 0.15) is 0 Å². The van der Waals surface area contributed by atoms with Crippen molar-refractivity contribution in [3.63, 3.8) is 0 Å². The number of ether oxygens (including phenoxy) is 2. The zero-order valence-electron chi connectivity index (χ0n) is 11.3. The first kappa shape index (κ1) is 13.5. The zero-order chi connectivity index (χ0) is 12.8. The molecule has 2 heterocycles. The van der Waals surface area contributed by atoms with Crippen molar-refractivity contribution in [1.82, 2.24) is 14.7 Å². The highest BCUT2D eigenvalue weighted by Gasteiger charge is 2.19. The topological polar surface area (TPSA) is 39.5 Å². The van der Waals surface area contributed by atoms with Crippen LogP contribution in [0.1, 0.15) is 12.0 Å². The van der Waals surface area contributed by atoms with E-state index in [0.717, 1.165) is 39.5 Å². The van der Waals surface area contributed by atoms with Gasteiger partial charge in [-0.05, 0) is 12.3 Å². The molecule has 0 saturated carbocycles. The van der Waals surface area contributed by atoms with Crippen LogP contribution in [0.4, 0.5) is 0 Å². The van der Waals surface area contributed by atoms with Crippen LogP contribution in [0.5, 0.6) is 0 Å². The molecule has 102 valence electrons. The molecule has 0 radical (unpaired) electrons. The summed E-state index contributed by atoms with van der Waals surface area (Å²) in [5.74, 6) is 0.665. The van der Waals surface area contributed by atoms with E-state index in [1.807, 2.05) is 17.9 Å². The quantitative estimate of drug-likeness (QED) is 0.724. The lowest BCUT2D eigenvalue weighted by atomic mass is 10.1. The number of rotatable bonds is 7. The Kier molecular flexibility index (Phi) is 5.16. The van der Waals surface area contributed by atoms with Crippen LogP contribution in [-0.4, -0.2) is 54.7 Å². The van der Waals surface area contributed by atoms with Crippen molar-refractivity contribution in [3.05, 3.63) is 18.0 Å². The number of hydrogen-bond acceptors (Lipinski definition) is 4. The van der Waals surface area contributed by atoms with E-state index in [9.17, 15) is 0 Å². The van der Waals surface area contributed by atoms with Crippen molar-refractivity contribution in [1.29, 1.82) is 0 Å². The molecule has 1 aromatic rings. The van der Waals surface area contributed by atoms with Crippen molar-refractivity contribution in [3.8, 4) is 0 Å². The molecule has 5 nitrogen and oxygen atoms in total. The number of aryl methyl sites for hydroxylation is 1. The Hall–Kier alpha value is -0.910. The molecule has 0 aromatic carbocycles. The van der Waals surface area contributed by atoms with Crippen molar-refractivity contribution >= 4 is 0 Å². The van der Waals surface area contributed by atoms with Gasteiger partial charge in [-0.15, -0.1) is 0 Å². The second-order valence-electron chi connectivity index (χ2n) is 4.98. The predicted molar refractivity (Wildman–Crippen MR) is 69.3 cm³/mol. The average Bonchev–Trinajstić information content (AvgIpc) is 2.98. The first-order chi connectivity index (χ1) is 8.78. The van der Waals surface area contributed by atoms with E-state index < -0.39 is 0 Å². The molecule has 1 atom stereocenters. The first-order valence-electron chi connectivity index (χ1n) is 6.54. The van der Waals surface area contributed by atoms with Gasteiger partial charge in [-0.2, -0.15) is 5.10 Å². The van der Waals surface area contributed by atoms with E-state index in [1.54, 1.807) is 7.11 Å². The lowest BCUT2D eigenvalue weighted by Crippen LogP contribution is -2.32. The highest BCUT2D eigenvalue weighted by molar-refractivity contribution is 5.03. The second-order valence-corrected chi connectivity index (χ2v) is 4.98. The SMILES string of the molecule is COCCN(Cc1cnn(C)c1)C[C@@H]1CCOC1. The van der Waals surface area contributed by atoms with Gasteiger partial charge >= 0.3 is 0 Å². The molecule has 1 aromatic heterocycles. The maximum atomic E-state index is 5.44. The number of methoxy groups -OCH3 is 1. The lowest BCUT2D eigenvalue weighted by Gasteiger charge is -2.24. The summed E-state index contributed by atoms with van der Waals surface area (Å²) < 4.78 is 12.5. The average molecular weight is 253 g/mol. The summed E-state index contributed by atoms with van der Waals surface area (Å²) in [7, 11) is 3.70. The van der Waals surface area contributed by atoms with Gasteiger partial charge in [0.25, 0.3) is 0 Å². The van der Waals surface area contributed by atoms with Crippen LogP contribution in [-0.2, 0) is 23.1 Å². The monoisotopic (exact) mass is 253 g/mol. The van der Waals surface area contributed by atoms with Crippen LogP contribution in [0.2, 0.25) is 0 Å². The molecular formula is C13H23N3O2. The summed E-state index contributed by atoms with van der Waals surface area (Å²) in [5.41, 5.74) is 1.26. The second kappa shape index (κ2) is 6.87. The van der Waals surface area contributed by atoms with E-state index in [4.69, 9.17) is 9.47 Å². The third-order valence-corrected chi connectivity index (χ3v) is 3.32. The smallest absolute Gasteiger partial charge is 0.0589 e. The fourth-order valence-corrected chi connectivity index (χ4v) is 2.36. The van der Waals surface area contributed by atoms with Crippen LogP contribution >= 0.6 is 0 Å². The number of nitrogens with zero attached hydrogens (tertiary/aromatic N) is 3. The minimum atomic E-state index is 0.665. The predicted octanol–water partition coefficient (Wildman–Crippen LogP) is 0.905. The van der Waals surface area contributed by atoms with E-state index in [2.05, 4.69) is 16.2 Å². The summed E-state index contributed by atoms with van der Waals surface area (Å²) in [6.07, 6.45) is 5.19. The van der Waals surface area contributed by atoms with Crippen molar-refractivity contribution in [2.75, 3.05) is 40.0 Å². The fourth-order valence-electron chi connectivity index (χ4n) is 2.36. The number of hydrogen-bond donors (Lipinski definition) is 0. The Labute approximate surface area is 109 Å². The Morgan fingerprint density at radius 2 is 2.50 bits per heavy atom. The van der Waals surface area contributed by atoms with Gasteiger partial charge in [-0.1, -0.05) is 0 Å². The Bertz CT molecular complexity index is 348. The normalized spacial score (nSPS) is 19.8. The Morgan fingerprint density at radius 1 is 1.61 bits per heavy atom. The van der Waals surface area contributed by atoms with Gasteiger partial charge < -0.3 is 9.47 Å². The van der Waals surface area contributed by atoms with Crippen molar-refractivity contribution in [2.45, 2.75) is 13.0 Å². The van der Waals surface area contributed by atoms with Gasteiger partial charge in [-0.3, -0.25) is 9.58 Å². The highest BCUT2D eigenvalue weighted by Crippen LogP contribution is 2.15. The van der Waals surface area contributed by atoms with Gasteiger partial charge in [0.15, 0.2) is 0 Å². The molecule has 1 fully saturated rings. The molecule has 2 rings (SSSR count). The molecule has 1 aliphatic rings. The molecule has 1 aliphatic heterocycles. The minimum absolute atomic E-state index is 0.665. The van der Waals surface area contributed by atoms with Gasteiger partial charge in [0, 0.05) is 52.2 Å².